The van der Waals surface area contributed by atoms with Gasteiger partial charge in [-0.2, -0.15) is 0 Å². The van der Waals surface area contributed by atoms with Gasteiger partial charge in [-0.15, -0.1) is 0 Å². The van der Waals surface area contributed by atoms with E-state index in [-0.39, 0.29) is 0 Å². The molecule has 0 spiro atoms. The average Bonchev–Trinajstić information content (AvgIpc) is 2.92. The van der Waals surface area contributed by atoms with Crippen LogP contribution in [0.3, 0.4) is 0 Å². The van der Waals surface area contributed by atoms with Gasteiger partial charge in [-0.3, -0.25) is 4.79 Å². The van der Waals surface area contributed by atoms with Gasteiger partial charge in [0.05, 0.1) is 0 Å². The van der Waals surface area contributed by atoms with Crippen molar-refractivity contribution in [2.75, 3.05) is 11.9 Å². The molecule has 0 aromatic carbocycles. The van der Waals surface area contributed by atoms with Crippen molar-refractivity contribution in [1.82, 2.24) is 5.32 Å². The first-order valence-electron chi connectivity index (χ1n) is 5.68. The molecule has 1 amide bonds. The van der Waals surface area contributed by atoms with Crippen LogP contribution in [0.5, 0.6) is 0 Å². The fourth-order valence-corrected chi connectivity index (χ4v) is 3.06. The monoisotopic (exact) mass is 259 g/mol. The molecule has 0 aromatic rings. The van der Waals surface area contributed by atoms with Gasteiger partial charge in [0.2, 0.25) is 5.91 Å². The van der Waals surface area contributed by atoms with E-state index in [1.165, 1.54) is 25.7 Å². The third-order valence-corrected chi connectivity index (χ3v) is 4.13. The van der Waals surface area contributed by atoms with Crippen molar-refractivity contribution in [3.05, 3.63) is 0 Å². The SMILES string of the molecule is O=C(NCCCBr)C1C2CCCCC21. The van der Waals surface area contributed by atoms with Crippen molar-refractivity contribution in [2.45, 2.75) is 32.1 Å². The van der Waals surface area contributed by atoms with Crippen molar-refractivity contribution in [1.29, 1.82) is 0 Å². The molecule has 3 heteroatoms. The third-order valence-electron chi connectivity index (χ3n) is 3.57. The van der Waals surface area contributed by atoms with Gasteiger partial charge in [0.25, 0.3) is 0 Å². The molecular weight excluding hydrogens is 242 g/mol. The van der Waals surface area contributed by atoms with Gasteiger partial charge in [-0.25, -0.2) is 0 Å². The topological polar surface area (TPSA) is 29.1 Å². The van der Waals surface area contributed by atoms with Crippen LogP contribution < -0.4 is 5.32 Å². The largest absolute Gasteiger partial charge is 0.356 e. The molecule has 2 aliphatic carbocycles. The lowest BCUT2D eigenvalue weighted by atomic mass is 10.0. The van der Waals surface area contributed by atoms with Crippen LogP contribution >= 0.6 is 15.9 Å². The van der Waals surface area contributed by atoms with E-state index in [0.29, 0.717) is 11.8 Å². The van der Waals surface area contributed by atoms with E-state index < -0.39 is 0 Å². The first-order chi connectivity index (χ1) is 6.84. The average molecular weight is 260 g/mol. The summed E-state index contributed by atoms with van der Waals surface area (Å²) in [6.07, 6.45) is 6.30. The summed E-state index contributed by atoms with van der Waals surface area (Å²) in [5.41, 5.74) is 0. The summed E-state index contributed by atoms with van der Waals surface area (Å²) in [6.45, 7) is 0.833. The Balaban J connectivity index is 1.71. The number of fused-ring (bicyclic) bond motifs is 1. The lowest BCUT2D eigenvalue weighted by Gasteiger charge is -2.04. The molecule has 2 saturated carbocycles. The van der Waals surface area contributed by atoms with Crippen molar-refractivity contribution in [3.8, 4) is 0 Å². The zero-order chi connectivity index (χ0) is 9.97. The van der Waals surface area contributed by atoms with E-state index in [1.807, 2.05) is 0 Å². The van der Waals surface area contributed by atoms with E-state index >= 15 is 0 Å². The molecular formula is C11H18BrNO. The predicted molar refractivity (Wildman–Crippen MR) is 60.4 cm³/mol. The maximum atomic E-state index is 11.7. The molecule has 2 rings (SSSR count). The number of rotatable bonds is 4. The van der Waals surface area contributed by atoms with Crippen molar-refractivity contribution in [2.24, 2.45) is 17.8 Å². The number of hydrogen-bond donors (Lipinski definition) is 1. The Morgan fingerprint density at radius 3 is 2.50 bits per heavy atom. The van der Waals surface area contributed by atoms with Crippen LogP contribution in [0, 0.1) is 17.8 Å². The summed E-state index contributed by atoms with van der Waals surface area (Å²) in [7, 11) is 0. The summed E-state index contributed by atoms with van der Waals surface area (Å²) in [6, 6.07) is 0. The molecule has 14 heavy (non-hydrogen) atoms. The number of nitrogens with one attached hydrogen (secondary N) is 1. The Morgan fingerprint density at radius 1 is 1.29 bits per heavy atom. The summed E-state index contributed by atoms with van der Waals surface area (Å²) in [4.78, 5) is 11.7. The minimum absolute atomic E-state index is 0.322. The Hall–Kier alpha value is -0.0500. The van der Waals surface area contributed by atoms with Gasteiger partial charge in [0.15, 0.2) is 0 Å². The van der Waals surface area contributed by atoms with Crippen molar-refractivity contribution >= 4 is 21.8 Å². The molecule has 2 unspecified atom stereocenters. The minimum atomic E-state index is 0.322. The zero-order valence-electron chi connectivity index (χ0n) is 8.47. The van der Waals surface area contributed by atoms with Gasteiger partial charge in [0.1, 0.15) is 0 Å². The fourth-order valence-electron chi connectivity index (χ4n) is 2.78. The van der Waals surface area contributed by atoms with Gasteiger partial charge < -0.3 is 5.32 Å². The standard InChI is InChI=1S/C11H18BrNO/c12-6-3-7-13-11(14)10-8-4-1-2-5-9(8)10/h8-10H,1-7H2,(H,13,14). The van der Waals surface area contributed by atoms with E-state index in [4.69, 9.17) is 0 Å². The number of carbonyl (C=O) groups excluding carboxylic acids is 1. The fraction of sp³-hybridized carbons (Fsp3) is 0.909. The second-order valence-electron chi connectivity index (χ2n) is 4.47. The molecule has 1 N–H and O–H groups in total. The molecule has 0 saturated heterocycles. The van der Waals surface area contributed by atoms with Crippen LogP contribution in [-0.4, -0.2) is 17.8 Å². The van der Waals surface area contributed by atoms with Crippen LogP contribution in [0.25, 0.3) is 0 Å². The van der Waals surface area contributed by atoms with Crippen LogP contribution in [0.4, 0.5) is 0 Å². The first kappa shape index (κ1) is 10.5. The molecule has 0 aliphatic heterocycles. The highest BCUT2D eigenvalue weighted by molar-refractivity contribution is 9.09. The molecule has 2 fully saturated rings. The van der Waals surface area contributed by atoms with Gasteiger partial charge in [0, 0.05) is 17.8 Å². The smallest absolute Gasteiger partial charge is 0.223 e. The van der Waals surface area contributed by atoms with E-state index in [0.717, 1.165) is 30.1 Å². The minimum Gasteiger partial charge on any atom is -0.356 e. The highest BCUT2D eigenvalue weighted by Gasteiger charge is 2.54. The molecule has 2 nitrogen and oxygen atoms in total. The van der Waals surface area contributed by atoms with Gasteiger partial charge >= 0.3 is 0 Å². The van der Waals surface area contributed by atoms with Crippen molar-refractivity contribution < 1.29 is 4.79 Å². The highest BCUT2D eigenvalue weighted by Crippen LogP contribution is 2.55. The predicted octanol–water partition coefficient (Wildman–Crippen LogP) is 2.32. The van der Waals surface area contributed by atoms with Crippen LogP contribution in [-0.2, 0) is 4.79 Å². The first-order valence-corrected chi connectivity index (χ1v) is 6.80. The maximum absolute atomic E-state index is 11.7. The molecule has 80 valence electrons. The lowest BCUT2D eigenvalue weighted by Crippen LogP contribution is -2.27. The van der Waals surface area contributed by atoms with Gasteiger partial charge in [-0.1, -0.05) is 28.8 Å². The Kier molecular flexibility index (Phi) is 3.47. The molecule has 0 bridgehead atoms. The Morgan fingerprint density at radius 2 is 1.93 bits per heavy atom. The normalized spacial score (nSPS) is 34.8. The molecule has 0 aromatic heterocycles. The Labute approximate surface area is 94.0 Å². The maximum Gasteiger partial charge on any atom is 0.223 e. The third kappa shape index (κ3) is 2.13. The summed E-state index contributed by atoms with van der Waals surface area (Å²) >= 11 is 3.36. The number of halogens is 1. The number of hydrogen-bond acceptors (Lipinski definition) is 1. The van der Waals surface area contributed by atoms with E-state index in [1.54, 1.807) is 0 Å². The second-order valence-corrected chi connectivity index (χ2v) is 5.26. The van der Waals surface area contributed by atoms with Crippen LogP contribution in [0.2, 0.25) is 0 Å². The highest BCUT2D eigenvalue weighted by atomic mass is 79.9. The number of amides is 1. The molecule has 2 atom stereocenters. The molecule has 0 radical (unpaired) electrons. The van der Waals surface area contributed by atoms with Crippen LogP contribution in [0.15, 0.2) is 0 Å². The summed E-state index contributed by atoms with van der Waals surface area (Å²) < 4.78 is 0. The summed E-state index contributed by atoms with van der Waals surface area (Å²) in [5.74, 6) is 2.19. The zero-order valence-corrected chi connectivity index (χ0v) is 10.1. The molecule has 0 heterocycles. The van der Waals surface area contributed by atoms with Crippen molar-refractivity contribution in [3.63, 3.8) is 0 Å². The van der Waals surface area contributed by atoms with E-state index in [2.05, 4.69) is 21.2 Å². The second kappa shape index (κ2) is 4.65. The Bertz CT molecular complexity index is 207. The quantitative estimate of drug-likeness (QED) is 0.610. The number of alkyl halides is 1. The van der Waals surface area contributed by atoms with Crippen LogP contribution in [0.1, 0.15) is 32.1 Å². The lowest BCUT2D eigenvalue weighted by molar-refractivity contribution is -0.122. The van der Waals surface area contributed by atoms with E-state index in [9.17, 15) is 4.79 Å². The van der Waals surface area contributed by atoms with Gasteiger partial charge in [-0.05, 0) is 31.1 Å². The molecule has 2 aliphatic rings. The number of carbonyl (C=O) groups is 1. The summed E-state index contributed by atoms with van der Waals surface area (Å²) in [5, 5.41) is 4.01.